The lowest BCUT2D eigenvalue weighted by Crippen LogP contribution is -2.30. The van der Waals surface area contributed by atoms with Crippen LogP contribution in [-0.2, 0) is 16.1 Å². The molecule has 7 heteroatoms. The lowest BCUT2D eigenvalue weighted by molar-refractivity contribution is -0.605. The highest BCUT2D eigenvalue weighted by Gasteiger charge is 2.19. The summed E-state index contributed by atoms with van der Waals surface area (Å²) in [4.78, 5) is 24.3. The Bertz CT molecular complexity index is 957. The molecule has 0 bridgehead atoms. The summed E-state index contributed by atoms with van der Waals surface area (Å²) in [6.45, 7) is 1.92. The number of aromatic nitrogens is 1. The molecule has 1 aromatic heterocycles. The molecule has 0 radical (unpaired) electrons. The Labute approximate surface area is 168 Å². The van der Waals surface area contributed by atoms with Crippen LogP contribution in [0.4, 0.5) is 5.69 Å². The van der Waals surface area contributed by atoms with Crippen LogP contribution in [0.5, 0.6) is 5.75 Å². The molecule has 148 valence electrons. The summed E-state index contributed by atoms with van der Waals surface area (Å²) >= 11 is 0. The first-order valence-corrected chi connectivity index (χ1v) is 8.99. The van der Waals surface area contributed by atoms with Gasteiger partial charge in [-0.15, -0.1) is 0 Å². The van der Waals surface area contributed by atoms with Crippen LogP contribution in [0, 0.1) is 5.21 Å². The first-order chi connectivity index (χ1) is 14.0. The van der Waals surface area contributed by atoms with Crippen LogP contribution in [0.15, 0.2) is 79.1 Å². The van der Waals surface area contributed by atoms with Gasteiger partial charge in [-0.1, -0.05) is 30.3 Å². The van der Waals surface area contributed by atoms with Gasteiger partial charge in [-0.05, 0) is 36.8 Å². The molecule has 0 saturated heterocycles. The smallest absolute Gasteiger partial charge is 0.339 e. The van der Waals surface area contributed by atoms with Crippen LogP contribution in [-0.4, -0.2) is 18.0 Å². The molecule has 0 spiro atoms. The van der Waals surface area contributed by atoms with Gasteiger partial charge in [-0.3, -0.25) is 4.79 Å². The second-order valence-electron chi connectivity index (χ2n) is 6.28. The number of benzene rings is 2. The zero-order valence-electron chi connectivity index (χ0n) is 15.8. The Morgan fingerprint density at radius 1 is 1.00 bits per heavy atom. The van der Waals surface area contributed by atoms with Gasteiger partial charge in [-0.25, -0.2) is 4.79 Å². The van der Waals surface area contributed by atoms with E-state index in [4.69, 9.17) is 9.47 Å². The molecular weight excluding hydrogens is 372 g/mol. The molecule has 0 aliphatic carbocycles. The van der Waals surface area contributed by atoms with Crippen molar-refractivity contribution in [3.05, 3.63) is 95.5 Å². The third-order valence-electron chi connectivity index (χ3n) is 4.06. The monoisotopic (exact) mass is 392 g/mol. The molecule has 0 aliphatic heterocycles. The second-order valence-corrected chi connectivity index (χ2v) is 6.28. The average Bonchev–Trinajstić information content (AvgIpc) is 2.74. The van der Waals surface area contributed by atoms with E-state index >= 15 is 0 Å². The topological polar surface area (TPSA) is 91.6 Å². The minimum absolute atomic E-state index is 0.191. The number of ether oxygens (including phenoxy) is 2. The van der Waals surface area contributed by atoms with E-state index in [-0.39, 0.29) is 5.56 Å². The summed E-state index contributed by atoms with van der Waals surface area (Å²) in [6.07, 6.45) is 1.36. The van der Waals surface area contributed by atoms with Crippen molar-refractivity contribution >= 4 is 17.6 Å². The van der Waals surface area contributed by atoms with E-state index in [2.05, 4.69) is 5.32 Å². The third-order valence-corrected chi connectivity index (χ3v) is 4.06. The Kier molecular flexibility index (Phi) is 6.42. The fourth-order valence-electron chi connectivity index (χ4n) is 2.45. The minimum atomic E-state index is -1.00. The van der Waals surface area contributed by atoms with E-state index in [0.717, 1.165) is 5.56 Å². The molecule has 0 fully saturated rings. The molecule has 0 aliphatic rings. The number of hydrogen-bond acceptors (Lipinski definition) is 5. The molecule has 3 aromatic rings. The second kappa shape index (κ2) is 9.36. The SMILES string of the molecule is C[C@H](OC(=O)c1cc[n+]([O-])cc1)C(=O)Nc1ccc(OCc2ccccc2)cc1. The zero-order chi connectivity index (χ0) is 20.6. The van der Waals surface area contributed by atoms with Crippen molar-refractivity contribution in [2.24, 2.45) is 0 Å². The highest BCUT2D eigenvalue weighted by Crippen LogP contribution is 2.17. The molecule has 1 heterocycles. The van der Waals surface area contributed by atoms with Gasteiger partial charge in [0.1, 0.15) is 12.4 Å². The van der Waals surface area contributed by atoms with Crippen LogP contribution in [0.25, 0.3) is 0 Å². The Balaban J connectivity index is 1.50. The molecule has 7 nitrogen and oxygen atoms in total. The summed E-state index contributed by atoms with van der Waals surface area (Å²) in [5.41, 5.74) is 1.80. The van der Waals surface area contributed by atoms with Gasteiger partial charge in [0.2, 0.25) is 0 Å². The van der Waals surface area contributed by atoms with Gasteiger partial charge in [-0.2, -0.15) is 4.73 Å². The highest BCUT2D eigenvalue weighted by molar-refractivity contribution is 5.97. The van der Waals surface area contributed by atoms with E-state index in [1.165, 1.54) is 31.5 Å². The summed E-state index contributed by atoms with van der Waals surface area (Å²) in [6, 6.07) is 19.4. The lowest BCUT2D eigenvalue weighted by Gasteiger charge is -2.14. The number of carbonyl (C=O) groups is 2. The largest absolute Gasteiger partial charge is 0.619 e. The maximum absolute atomic E-state index is 12.3. The van der Waals surface area contributed by atoms with Gasteiger partial charge in [0, 0.05) is 17.8 Å². The van der Waals surface area contributed by atoms with Crippen LogP contribution < -0.4 is 14.8 Å². The standard InChI is InChI=1S/C22H20N2O5/c1-16(29-22(26)18-11-13-24(27)14-12-18)21(25)23-19-7-9-20(10-8-19)28-15-17-5-3-2-4-6-17/h2-14,16H,15H2,1H3,(H,23,25)/t16-/m0/s1. The van der Waals surface area contributed by atoms with Crippen molar-refractivity contribution in [1.29, 1.82) is 0 Å². The van der Waals surface area contributed by atoms with Gasteiger partial charge in [0.25, 0.3) is 5.91 Å². The minimum Gasteiger partial charge on any atom is -0.619 e. The van der Waals surface area contributed by atoms with Crippen LogP contribution in [0.2, 0.25) is 0 Å². The Morgan fingerprint density at radius 3 is 2.31 bits per heavy atom. The van der Waals surface area contributed by atoms with E-state index < -0.39 is 18.0 Å². The van der Waals surface area contributed by atoms with E-state index in [9.17, 15) is 14.8 Å². The van der Waals surface area contributed by atoms with Crippen molar-refractivity contribution in [2.75, 3.05) is 5.32 Å². The number of carbonyl (C=O) groups excluding carboxylic acids is 2. The number of amides is 1. The highest BCUT2D eigenvalue weighted by atomic mass is 16.5. The fourth-order valence-corrected chi connectivity index (χ4v) is 2.45. The van der Waals surface area contributed by atoms with Crippen molar-refractivity contribution in [1.82, 2.24) is 0 Å². The summed E-state index contributed by atoms with van der Waals surface area (Å²) in [7, 11) is 0. The van der Waals surface area contributed by atoms with Gasteiger partial charge in [0.05, 0.1) is 5.56 Å². The summed E-state index contributed by atoms with van der Waals surface area (Å²) in [5.74, 6) is -0.477. The molecule has 2 aromatic carbocycles. The van der Waals surface area contributed by atoms with E-state index in [1.54, 1.807) is 24.3 Å². The van der Waals surface area contributed by atoms with Gasteiger partial charge in [0.15, 0.2) is 18.5 Å². The number of pyridine rings is 1. The first-order valence-electron chi connectivity index (χ1n) is 8.99. The number of anilines is 1. The first kappa shape index (κ1) is 19.9. The molecule has 1 atom stereocenters. The van der Waals surface area contributed by atoms with Gasteiger partial charge >= 0.3 is 5.97 Å². The average molecular weight is 392 g/mol. The molecule has 0 saturated carbocycles. The molecule has 0 unspecified atom stereocenters. The van der Waals surface area contributed by atoms with E-state index in [0.29, 0.717) is 22.8 Å². The van der Waals surface area contributed by atoms with Crippen molar-refractivity contribution in [2.45, 2.75) is 19.6 Å². The molecule has 1 amide bonds. The summed E-state index contributed by atoms with van der Waals surface area (Å²) < 4.78 is 11.4. The fraction of sp³-hybridized carbons (Fsp3) is 0.136. The Hall–Kier alpha value is -3.87. The quantitative estimate of drug-likeness (QED) is 0.379. The number of nitrogens with one attached hydrogen (secondary N) is 1. The number of esters is 1. The Morgan fingerprint density at radius 2 is 1.66 bits per heavy atom. The van der Waals surface area contributed by atoms with Crippen LogP contribution in [0.3, 0.4) is 0 Å². The van der Waals surface area contributed by atoms with E-state index in [1.807, 2.05) is 30.3 Å². The van der Waals surface area contributed by atoms with Crippen molar-refractivity contribution < 1.29 is 23.8 Å². The maximum atomic E-state index is 12.3. The molecular formula is C22H20N2O5. The molecule has 3 rings (SSSR count). The predicted octanol–water partition coefficient (Wildman–Crippen LogP) is 3.08. The third kappa shape index (κ3) is 5.80. The van der Waals surface area contributed by atoms with Crippen LogP contribution >= 0.6 is 0 Å². The zero-order valence-corrected chi connectivity index (χ0v) is 15.8. The molecule has 1 N–H and O–H groups in total. The number of hydrogen-bond donors (Lipinski definition) is 1. The number of rotatable bonds is 7. The lowest BCUT2D eigenvalue weighted by atomic mass is 10.2. The predicted molar refractivity (Wildman–Crippen MR) is 106 cm³/mol. The number of nitrogens with zero attached hydrogens (tertiary/aromatic N) is 1. The van der Waals surface area contributed by atoms with Gasteiger partial charge < -0.3 is 20.0 Å². The van der Waals surface area contributed by atoms with Crippen molar-refractivity contribution in [3.8, 4) is 5.75 Å². The maximum Gasteiger partial charge on any atom is 0.339 e. The van der Waals surface area contributed by atoms with Crippen LogP contribution in [0.1, 0.15) is 22.8 Å². The summed E-state index contributed by atoms with van der Waals surface area (Å²) in [5, 5.41) is 13.7. The molecule has 29 heavy (non-hydrogen) atoms. The normalized spacial score (nSPS) is 11.3. The van der Waals surface area contributed by atoms with Crippen molar-refractivity contribution in [3.63, 3.8) is 0 Å².